The quantitative estimate of drug-likeness (QED) is 0.467. The van der Waals surface area contributed by atoms with Gasteiger partial charge in [-0.1, -0.05) is 50.2 Å². The van der Waals surface area contributed by atoms with Gasteiger partial charge >= 0.3 is 0 Å². The summed E-state index contributed by atoms with van der Waals surface area (Å²) < 4.78 is 10.7. The van der Waals surface area contributed by atoms with Gasteiger partial charge in [0.1, 0.15) is 18.1 Å². The predicted molar refractivity (Wildman–Crippen MR) is 123 cm³/mol. The number of hydrogen-bond acceptors (Lipinski definition) is 4. The highest BCUT2D eigenvalue weighted by Crippen LogP contribution is 2.17. The van der Waals surface area contributed by atoms with Crippen LogP contribution in [0.2, 0.25) is 0 Å². The van der Waals surface area contributed by atoms with E-state index in [1.165, 1.54) is 0 Å². The van der Waals surface area contributed by atoms with E-state index in [0.717, 1.165) is 5.56 Å². The summed E-state index contributed by atoms with van der Waals surface area (Å²) in [5.41, 5.74) is 1.51. The second kappa shape index (κ2) is 11.2. The Labute approximate surface area is 189 Å². The summed E-state index contributed by atoms with van der Waals surface area (Å²) in [7, 11) is 1.56. The number of amides is 2. The zero-order chi connectivity index (χ0) is 22.9. The Balaban J connectivity index is 1.81. The lowest BCUT2D eigenvalue weighted by Gasteiger charge is -2.28. The van der Waals surface area contributed by atoms with Crippen molar-refractivity contribution in [1.82, 2.24) is 9.80 Å². The topological polar surface area (TPSA) is 63.0 Å². The first-order chi connectivity index (χ1) is 15.5. The van der Waals surface area contributed by atoms with Crippen molar-refractivity contribution in [1.29, 1.82) is 0 Å². The van der Waals surface area contributed by atoms with Crippen molar-refractivity contribution < 1.29 is 18.7 Å². The van der Waals surface area contributed by atoms with Gasteiger partial charge in [0.15, 0.2) is 0 Å². The van der Waals surface area contributed by atoms with Crippen LogP contribution >= 0.6 is 0 Å². The molecule has 2 aromatic carbocycles. The van der Waals surface area contributed by atoms with Crippen molar-refractivity contribution in [3.8, 4) is 5.75 Å². The van der Waals surface area contributed by atoms with E-state index < -0.39 is 0 Å². The fourth-order valence-electron chi connectivity index (χ4n) is 3.49. The van der Waals surface area contributed by atoms with E-state index in [4.69, 9.17) is 9.15 Å². The maximum Gasteiger partial charge on any atom is 0.254 e. The highest BCUT2D eigenvalue weighted by Gasteiger charge is 2.24. The molecule has 6 heteroatoms. The van der Waals surface area contributed by atoms with E-state index >= 15 is 0 Å². The number of nitrogens with zero attached hydrogens (tertiary/aromatic N) is 2. The minimum absolute atomic E-state index is 0.0121. The van der Waals surface area contributed by atoms with Crippen LogP contribution in [-0.2, 0) is 17.9 Å². The van der Waals surface area contributed by atoms with E-state index in [1.807, 2.05) is 50.2 Å². The van der Waals surface area contributed by atoms with Crippen molar-refractivity contribution in [3.63, 3.8) is 0 Å². The van der Waals surface area contributed by atoms with Crippen LogP contribution in [0.5, 0.6) is 5.75 Å². The summed E-state index contributed by atoms with van der Waals surface area (Å²) in [5, 5.41) is 0. The fraction of sp³-hybridized carbons (Fsp3) is 0.308. The van der Waals surface area contributed by atoms with E-state index in [-0.39, 0.29) is 24.3 Å². The summed E-state index contributed by atoms with van der Waals surface area (Å²) in [6, 6.07) is 20.5. The molecule has 0 aliphatic rings. The van der Waals surface area contributed by atoms with E-state index in [9.17, 15) is 9.59 Å². The summed E-state index contributed by atoms with van der Waals surface area (Å²) in [4.78, 5) is 30.0. The molecule has 0 N–H and O–H groups in total. The Morgan fingerprint density at radius 3 is 2.38 bits per heavy atom. The molecule has 0 unspecified atom stereocenters. The average molecular weight is 435 g/mol. The molecule has 3 rings (SSSR count). The highest BCUT2D eigenvalue weighted by atomic mass is 16.5. The molecular formula is C26H30N2O4. The SMILES string of the molecule is COc1cccc(C(=O)N(CC(=O)N(Cc2ccccc2)Cc2ccco2)CC(C)C)c1. The molecule has 0 aliphatic carbocycles. The van der Waals surface area contributed by atoms with Crippen LogP contribution < -0.4 is 4.74 Å². The van der Waals surface area contributed by atoms with Crippen LogP contribution in [0, 0.1) is 5.92 Å². The molecule has 0 atom stereocenters. The number of carbonyl (C=O) groups excluding carboxylic acids is 2. The Bertz CT molecular complexity index is 1000. The molecule has 168 valence electrons. The molecule has 0 aliphatic heterocycles. The van der Waals surface area contributed by atoms with Gasteiger partial charge in [-0.2, -0.15) is 0 Å². The maximum absolute atomic E-state index is 13.4. The van der Waals surface area contributed by atoms with E-state index in [2.05, 4.69) is 0 Å². The molecule has 0 saturated heterocycles. The molecule has 0 bridgehead atoms. The zero-order valence-electron chi connectivity index (χ0n) is 18.9. The van der Waals surface area contributed by atoms with Crippen LogP contribution in [0.3, 0.4) is 0 Å². The summed E-state index contributed by atoms with van der Waals surface area (Å²) in [6.45, 7) is 5.29. The van der Waals surface area contributed by atoms with Crippen molar-refractivity contribution in [2.45, 2.75) is 26.9 Å². The van der Waals surface area contributed by atoms with Gasteiger partial charge in [-0.05, 0) is 41.8 Å². The molecule has 0 radical (unpaired) electrons. The van der Waals surface area contributed by atoms with Crippen molar-refractivity contribution in [2.24, 2.45) is 5.92 Å². The zero-order valence-corrected chi connectivity index (χ0v) is 18.9. The second-order valence-corrected chi connectivity index (χ2v) is 8.13. The summed E-state index contributed by atoms with van der Waals surface area (Å²) >= 11 is 0. The van der Waals surface area contributed by atoms with Gasteiger partial charge < -0.3 is 19.0 Å². The van der Waals surface area contributed by atoms with Crippen LogP contribution in [0.25, 0.3) is 0 Å². The highest BCUT2D eigenvalue weighted by molar-refractivity contribution is 5.96. The predicted octanol–water partition coefficient (Wildman–Crippen LogP) is 4.62. The third-order valence-electron chi connectivity index (χ3n) is 5.01. The van der Waals surface area contributed by atoms with Gasteiger partial charge in [0.2, 0.25) is 5.91 Å². The molecule has 1 heterocycles. The number of furan rings is 1. The molecule has 32 heavy (non-hydrogen) atoms. The molecule has 6 nitrogen and oxygen atoms in total. The molecule has 0 spiro atoms. The summed E-state index contributed by atoms with van der Waals surface area (Å²) in [5.74, 6) is 1.19. The molecule has 3 aromatic rings. The third-order valence-corrected chi connectivity index (χ3v) is 5.01. The lowest BCUT2D eigenvalue weighted by atomic mass is 10.1. The fourth-order valence-corrected chi connectivity index (χ4v) is 3.49. The monoisotopic (exact) mass is 434 g/mol. The van der Waals surface area contributed by atoms with Crippen molar-refractivity contribution >= 4 is 11.8 Å². The average Bonchev–Trinajstić information content (AvgIpc) is 3.31. The van der Waals surface area contributed by atoms with E-state index in [1.54, 1.807) is 53.5 Å². The van der Waals surface area contributed by atoms with Crippen LogP contribution in [0.1, 0.15) is 35.5 Å². The van der Waals surface area contributed by atoms with Gasteiger partial charge in [0.05, 0.1) is 19.9 Å². The molecular weight excluding hydrogens is 404 g/mol. The third kappa shape index (κ3) is 6.48. The first-order valence-electron chi connectivity index (χ1n) is 10.7. The van der Waals surface area contributed by atoms with Gasteiger partial charge in [-0.15, -0.1) is 0 Å². The Morgan fingerprint density at radius 2 is 1.72 bits per heavy atom. The number of rotatable bonds is 10. The number of hydrogen-bond donors (Lipinski definition) is 0. The number of benzene rings is 2. The van der Waals surface area contributed by atoms with Crippen molar-refractivity contribution in [3.05, 3.63) is 89.9 Å². The van der Waals surface area contributed by atoms with Gasteiger partial charge in [-0.3, -0.25) is 9.59 Å². The number of carbonyl (C=O) groups is 2. The second-order valence-electron chi connectivity index (χ2n) is 8.13. The Morgan fingerprint density at radius 1 is 0.938 bits per heavy atom. The largest absolute Gasteiger partial charge is 0.497 e. The smallest absolute Gasteiger partial charge is 0.254 e. The Hall–Kier alpha value is -3.54. The van der Waals surface area contributed by atoms with Gasteiger partial charge in [-0.25, -0.2) is 0 Å². The molecule has 2 amide bonds. The van der Waals surface area contributed by atoms with Crippen LogP contribution in [0.15, 0.2) is 77.4 Å². The number of ether oxygens (including phenoxy) is 1. The normalized spacial score (nSPS) is 10.8. The molecule has 1 aromatic heterocycles. The minimum Gasteiger partial charge on any atom is -0.497 e. The first kappa shape index (κ1) is 23.1. The minimum atomic E-state index is -0.191. The van der Waals surface area contributed by atoms with E-state index in [0.29, 0.717) is 36.7 Å². The molecule has 0 saturated carbocycles. The first-order valence-corrected chi connectivity index (χ1v) is 10.7. The van der Waals surface area contributed by atoms with Crippen LogP contribution in [0.4, 0.5) is 0 Å². The molecule has 0 fully saturated rings. The standard InChI is InChI=1S/C26H30N2O4/c1-20(2)16-28(26(30)22-11-7-12-23(15-22)31-3)19-25(29)27(18-24-13-8-14-32-24)17-21-9-5-4-6-10-21/h4-15,20H,16-19H2,1-3H3. The van der Waals surface area contributed by atoms with Gasteiger partial charge in [0, 0.05) is 18.7 Å². The van der Waals surface area contributed by atoms with Gasteiger partial charge in [0.25, 0.3) is 5.91 Å². The lowest BCUT2D eigenvalue weighted by molar-refractivity contribution is -0.133. The van der Waals surface area contributed by atoms with Crippen LogP contribution in [-0.4, -0.2) is 41.8 Å². The number of methoxy groups -OCH3 is 1. The lowest BCUT2D eigenvalue weighted by Crippen LogP contribution is -2.43. The van der Waals surface area contributed by atoms with Crippen molar-refractivity contribution in [2.75, 3.05) is 20.2 Å². The Kier molecular flexibility index (Phi) is 8.08. The maximum atomic E-state index is 13.4. The summed E-state index contributed by atoms with van der Waals surface area (Å²) in [6.07, 6.45) is 1.60.